The molecule has 0 aromatic heterocycles. The summed E-state index contributed by atoms with van der Waals surface area (Å²) < 4.78 is 0. The minimum atomic E-state index is -0.571. The van der Waals surface area contributed by atoms with Gasteiger partial charge < -0.3 is 0 Å². The van der Waals surface area contributed by atoms with E-state index in [0.29, 0.717) is 10.6 Å². The van der Waals surface area contributed by atoms with Gasteiger partial charge in [0, 0.05) is 0 Å². The second-order valence-electron chi connectivity index (χ2n) is 1.50. The molecule has 0 saturated carbocycles. The molecule has 8 heavy (non-hydrogen) atoms. The fourth-order valence-electron chi connectivity index (χ4n) is 0.243. The first kappa shape index (κ1) is 8.96. The molecule has 0 bridgehead atoms. The first-order valence-corrected chi connectivity index (χ1v) is 4.95. The van der Waals surface area contributed by atoms with E-state index in [1.54, 1.807) is 0 Å². The maximum absolute atomic E-state index is 8.85. The van der Waals surface area contributed by atoms with Crippen LogP contribution in [-0.4, -0.2) is 54.4 Å². The van der Waals surface area contributed by atoms with Crippen LogP contribution in [-0.2, 0) is 0 Å². The van der Waals surface area contributed by atoms with Crippen LogP contribution in [0.2, 0.25) is 10.6 Å². The van der Waals surface area contributed by atoms with Gasteiger partial charge in [0.15, 0.2) is 0 Å². The van der Waals surface area contributed by atoms with E-state index >= 15 is 0 Å². The van der Waals surface area contributed by atoms with Crippen LogP contribution >= 0.6 is 0 Å². The second kappa shape index (κ2) is 4.80. The third-order valence-corrected chi connectivity index (χ3v) is 2.39. The van der Waals surface area contributed by atoms with E-state index in [2.05, 4.69) is 32.0 Å². The van der Waals surface area contributed by atoms with E-state index in [1.165, 1.54) is 0 Å². The molecule has 0 saturated heterocycles. The van der Waals surface area contributed by atoms with Crippen LogP contribution in [0.25, 0.3) is 0 Å². The molecular weight excluding hydrogens is 238 g/mol. The summed E-state index contributed by atoms with van der Waals surface area (Å²) in [7, 11) is 0. The Kier molecular flexibility index (Phi) is 5.38. The Hall–Kier alpha value is 0.959. The van der Waals surface area contributed by atoms with Crippen molar-refractivity contribution in [3.63, 3.8) is 0 Å². The third-order valence-electron chi connectivity index (χ3n) is 0.818. The Labute approximate surface area is 65.3 Å². The van der Waals surface area contributed by atoms with E-state index in [0.717, 1.165) is 0 Å². The molecule has 0 spiro atoms. The number of hydrogen-bond donors (Lipinski definition) is 2. The van der Waals surface area contributed by atoms with Gasteiger partial charge in [0.2, 0.25) is 0 Å². The fraction of sp³-hybridized carbons (Fsp3) is 1.00. The number of rotatable bonds is 3. The molecule has 0 aliphatic heterocycles. The van der Waals surface area contributed by atoms with Crippen molar-refractivity contribution in [1.29, 1.82) is 0 Å². The van der Waals surface area contributed by atoms with Crippen molar-refractivity contribution in [2.45, 2.75) is 22.8 Å². The van der Waals surface area contributed by atoms with Gasteiger partial charge in [-0.1, -0.05) is 0 Å². The summed E-state index contributed by atoms with van der Waals surface area (Å²) in [6, 6.07) is 0. The van der Waals surface area contributed by atoms with Gasteiger partial charge in [-0.2, -0.15) is 0 Å². The zero-order valence-electron chi connectivity index (χ0n) is 4.36. The van der Waals surface area contributed by atoms with Gasteiger partial charge in [-0.3, -0.25) is 0 Å². The molecule has 4 heteroatoms. The van der Waals surface area contributed by atoms with Gasteiger partial charge in [-0.05, 0) is 0 Å². The molecule has 0 rings (SSSR count). The molecule has 0 radical (unpaired) electrons. The van der Waals surface area contributed by atoms with Gasteiger partial charge in [0.05, 0.1) is 0 Å². The molecule has 0 heterocycles. The summed E-state index contributed by atoms with van der Waals surface area (Å²) in [6.07, 6.45) is -1.14. The summed E-state index contributed by atoms with van der Waals surface area (Å²) in [5.41, 5.74) is 0. The second-order valence-corrected chi connectivity index (χ2v) is 3.03. The maximum atomic E-state index is 8.85. The van der Waals surface area contributed by atoms with Crippen LogP contribution in [0.1, 0.15) is 0 Å². The van der Waals surface area contributed by atoms with Crippen molar-refractivity contribution in [3.8, 4) is 0 Å². The molecule has 2 unspecified atom stereocenters. The average molecular weight is 248 g/mol. The minimum absolute atomic E-state index is 0.561. The van der Waals surface area contributed by atoms with Crippen molar-refractivity contribution in [2.75, 3.05) is 0 Å². The van der Waals surface area contributed by atoms with E-state index < -0.39 is 12.2 Å². The predicted octanol–water partition coefficient (Wildman–Crippen LogP) is -1.65. The zero-order valence-corrected chi connectivity index (χ0v) is 8.11. The van der Waals surface area contributed by atoms with Crippen LogP contribution < -0.4 is 0 Å². The quantitative estimate of drug-likeness (QED) is 0.587. The summed E-state index contributed by atoms with van der Waals surface area (Å²) in [4.78, 5) is 0. The average Bonchev–Trinajstić information content (AvgIpc) is 1.84. The van der Waals surface area contributed by atoms with E-state index in [-0.39, 0.29) is 0 Å². The Balaban J connectivity index is 3.29. The number of aliphatic hydroxyl groups is 2. The van der Waals surface area contributed by atoms with Crippen molar-refractivity contribution >= 4 is 32.0 Å². The van der Waals surface area contributed by atoms with Gasteiger partial charge >= 0.3 is 65.1 Å². The molecule has 2 nitrogen and oxygen atoms in total. The summed E-state index contributed by atoms with van der Waals surface area (Å²) >= 11 is 4.48. The van der Waals surface area contributed by atoms with Crippen LogP contribution in [0.3, 0.4) is 0 Å². The topological polar surface area (TPSA) is 40.5 Å². The molecule has 0 aliphatic carbocycles. The molecule has 0 aromatic carbocycles. The van der Waals surface area contributed by atoms with Crippen LogP contribution in [0, 0.1) is 0 Å². The normalized spacial score (nSPS) is 18.0. The Bertz CT molecular complexity index is 52.0. The molecular formula is C4H10O2Se2. The molecule has 0 aliphatic rings. The number of hydrogen-bond acceptors (Lipinski definition) is 2. The molecule has 2 atom stereocenters. The van der Waals surface area contributed by atoms with Crippen LogP contribution in [0.5, 0.6) is 0 Å². The Morgan fingerprint density at radius 1 is 1.00 bits per heavy atom. The Morgan fingerprint density at radius 3 is 1.38 bits per heavy atom. The first-order valence-electron chi connectivity index (χ1n) is 2.30. The third kappa shape index (κ3) is 3.08. The monoisotopic (exact) mass is 250 g/mol. The summed E-state index contributed by atoms with van der Waals surface area (Å²) in [5, 5.41) is 18.8. The molecule has 2 N–H and O–H groups in total. The SMILES string of the molecule is OC(C[SeH])C(O)C[SeH]. The van der Waals surface area contributed by atoms with Crippen molar-refractivity contribution < 1.29 is 10.2 Å². The van der Waals surface area contributed by atoms with E-state index in [9.17, 15) is 0 Å². The van der Waals surface area contributed by atoms with Crippen molar-refractivity contribution in [1.82, 2.24) is 0 Å². The van der Waals surface area contributed by atoms with Crippen molar-refractivity contribution in [3.05, 3.63) is 0 Å². The van der Waals surface area contributed by atoms with Crippen molar-refractivity contribution in [2.24, 2.45) is 0 Å². The first-order chi connectivity index (χ1) is 3.72. The molecule has 0 aromatic rings. The van der Waals surface area contributed by atoms with Gasteiger partial charge in [-0.25, -0.2) is 0 Å². The van der Waals surface area contributed by atoms with E-state index in [1.807, 2.05) is 0 Å². The Morgan fingerprint density at radius 2 is 1.25 bits per heavy atom. The molecule has 0 amide bonds. The summed E-state index contributed by atoms with van der Waals surface area (Å²) in [6.45, 7) is 0. The van der Waals surface area contributed by atoms with Crippen LogP contribution in [0.4, 0.5) is 0 Å². The van der Waals surface area contributed by atoms with E-state index in [4.69, 9.17) is 10.2 Å². The summed E-state index contributed by atoms with van der Waals surface area (Å²) in [5.74, 6) is 0. The van der Waals surface area contributed by atoms with Gasteiger partial charge in [0.25, 0.3) is 0 Å². The number of aliphatic hydroxyl groups excluding tert-OH is 2. The van der Waals surface area contributed by atoms with Gasteiger partial charge in [0.1, 0.15) is 0 Å². The predicted molar refractivity (Wildman–Crippen MR) is 35.9 cm³/mol. The zero-order chi connectivity index (χ0) is 6.57. The van der Waals surface area contributed by atoms with Crippen LogP contribution in [0.15, 0.2) is 0 Å². The molecule has 50 valence electrons. The standard InChI is InChI=1S/C4H10O2Se2/c5-3(1-7)4(6)2-8/h3-8H,1-2H2. The van der Waals surface area contributed by atoms with Gasteiger partial charge in [-0.15, -0.1) is 0 Å². The fourth-order valence-corrected chi connectivity index (χ4v) is 1.26. The molecule has 0 fully saturated rings.